The van der Waals surface area contributed by atoms with Crippen LogP contribution in [0.4, 0.5) is 0 Å². The van der Waals surface area contributed by atoms with Crippen LogP contribution in [0.25, 0.3) is 0 Å². The molecule has 0 saturated carbocycles. The summed E-state index contributed by atoms with van der Waals surface area (Å²) in [5, 5.41) is 9.97. The van der Waals surface area contributed by atoms with Crippen molar-refractivity contribution in [2.75, 3.05) is 0 Å². The van der Waals surface area contributed by atoms with Gasteiger partial charge in [-0.2, -0.15) is 10.1 Å². The number of aromatic nitrogens is 4. The molecule has 2 rings (SSSR count). The first-order valence-corrected chi connectivity index (χ1v) is 7.70. The van der Waals surface area contributed by atoms with Crippen LogP contribution in [-0.4, -0.2) is 31.7 Å². The Morgan fingerprint density at radius 1 is 1.35 bits per heavy atom. The molecule has 1 amide bonds. The molecule has 23 heavy (non-hydrogen) atoms. The Morgan fingerprint density at radius 2 is 2.09 bits per heavy atom. The third-order valence-electron chi connectivity index (χ3n) is 3.59. The molecule has 7 nitrogen and oxygen atoms in total. The van der Waals surface area contributed by atoms with Gasteiger partial charge in [-0.05, 0) is 39.8 Å². The van der Waals surface area contributed by atoms with E-state index in [-0.39, 0.29) is 24.1 Å². The van der Waals surface area contributed by atoms with Crippen LogP contribution in [0.5, 0.6) is 0 Å². The van der Waals surface area contributed by atoms with E-state index in [1.807, 2.05) is 32.9 Å². The highest BCUT2D eigenvalue weighted by Crippen LogP contribution is 2.03. The molecule has 0 spiro atoms. The zero-order valence-corrected chi connectivity index (χ0v) is 14.0. The van der Waals surface area contributed by atoms with Crippen molar-refractivity contribution in [3.8, 4) is 0 Å². The molecule has 2 N–H and O–H groups in total. The van der Waals surface area contributed by atoms with Gasteiger partial charge in [0.25, 0.3) is 0 Å². The quantitative estimate of drug-likeness (QED) is 0.832. The maximum atomic E-state index is 12.0. The van der Waals surface area contributed by atoms with Gasteiger partial charge in [0.15, 0.2) is 0 Å². The van der Waals surface area contributed by atoms with Gasteiger partial charge in [-0.3, -0.25) is 14.5 Å². The molecule has 0 saturated heterocycles. The fourth-order valence-corrected chi connectivity index (χ4v) is 2.55. The van der Waals surface area contributed by atoms with Gasteiger partial charge in [0.2, 0.25) is 5.91 Å². The van der Waals surface area contributed by atoms with Crippen molar-refractivity contribution < 1.29 is 4.79 Å². The highest BCUT2D eigenvalue weighted by Gasteiger charge is 2.11. The maximum absolute atomic E-state index is 12.0. The van der Waals surface area contributed by atoms with Gasteiger partial charge in [0.05, 0.1) is 5.69 Å². The van der Waals surface area contributed by atoms with E-state index in [2.05, 4.69) is 20.5 Å². The topological polar surface area (TPSA) is 92.7 Å². The van der Waals surface area contributed by atoms with Crippen molar-refractivity contribution in [1.82, 2.24) is 25.1 Å². The lowest BCUT2D eigenvalue weighted by Crippen LogP contribution is -2.36. The summed E-state index contributed by atoms with van der Waals surface area (Å²) >= 11 is 0. The summed E-state index contributed by atoms with van der Waals surface area (Å²) in [6.07, 6.45) is 0.913. The number of H-pyrrole nitrogens is 1. The Balaban J connectivity index is 1.86. The van der Waals surface area contributed by atoms with E-state index in [1.54, 1.807) is 6.92 Å². The summed E-state index contributed by atoms with van der Waals surface area (Å²) in [6.45, 7) is 7.83. The normalized spacial score (nSPS) is 12.2. The molecule has 0 aliphatic rings. The standard InChI is InChI=1S/C16H23N5O2/c1-10-7-13(4)21(16(23)18-10)6-5-15(22)17-11(2)8-14-9-12(3)19-20-14/h7,9,11H,5-6,8H2,1-4H3,(H,17,22)(H,19,20)/t11-/m1/s1. The Bertz CT molecular complexity index is 747. The third-order valence-corrected chi connectivity index (χ3v) is 3.59. The molecular formula is C16H23N5O2. The molecule has 2 aromatic heterocycles. The molecular weight excluding hydrogens is 294 g/mol. The van der Waals surface area contributed by atoms with E-state index >= 15 is 0 Å². The number of nitrogens with one attached hydrogen (secondary N) is 2. The molecule has 2 aromatic rings. The zero-order valence-electron chi connectivity index (χ0n) is 14.0. The Labute approximate surface area is 135 Å². The number of carbonyl (C=O) groups excluding carboxylic acids is 1. The van der Waals surface area contributed by atoms with Crippen LogP contribution in [0.2, 0.25) is 0 Å². The predicted molar refractivity (Wildman–Crippen MR) is 87.2 cm³/mol. The van der Waals surface area contributed by atoms with Crippen molar-refractivity contribution >= 4 is 5.91 Å². The van der Waals surface area contributed by atoms with Crippen molar-refractivity contribution in [1.29, 1.82) is 0 Å². The first kappa shape index (κ1) is 16.9. The van der Waals surface area contributed by atoms with E-state index < -0.39 is 0 Å². The van der Waals surface area contributed by atoms with Crippen LogP contribution >= 0.6 is 0 Å². The van der Waals surface area contributed by atoms with Crippen molar-refractivity contribution in [3.05, 3.63) is 45.4 Å². The summed E-state index contributed by atoms with van der Waals surface area (Å²) in [5.41, 5.74) is 3.12. The molecule has 0 unspecified atom stereocenters. The van der Waals surface area contributed by atoms with Crippen molar-refractivity contribution in [2.24, 2.45) is 0 Å². The summed E-state index contributed by atoms with van der Waals surface area (Å²) in [5.74, 6) is -0.0865. The van der Waals surface area contributed by atoms with E-state index in [4.69, 9.17) is 0 Å². The molecule has 124 valence electrons. The van der Waals surface area contributed by atoms with Gasteiger partial charge >= 0.3 is 5.69 Å². The summed E-state index contributed by atoms with van der Waals surface area (Å²) < 4.78 is 1.52. The average Bonchev–Trinajstić information content (AvgIpc) is 2.82. The SMILES string of the molecule is Cc1cc(C)n(CCC(=O)N[C@H](C)Cc2cc(C)[nH]n2)c(=O)n1. The van der Waals surface area contributed by atoms with Gasteiger partial charge in [-0.15, -0.1) is 0 Å². The highest BCUT2D eigenvalue weighted by molar-refractivity contribution is 5.76. The number of hydrogen-bond donors (Lipinski definition) is 2. The second-order valence-electron chi connectivity index (χ2n) is 5.94. The van der Waals surface area contributed by atoms with Gasteiger partial charge in [-0.25, -0.2) is 4.79 Å². The molecule has 0 fully saturated rings. The van der Waals surface area contributed by atoms with Gasteiger partial charge in [0.1, 0.15) is 0 Å². The van der Waals surface area contributed by atoms with Crippen LogP contribution in [-0.2, 0) is 17.8 Å². The molecule has 0 bridgehead atoms. The van der Waals surface area contributed by atoms with E-state index in [0.717, 1.165) is 17.1 Å². The predicted octanol–water partition coefficient (Wildman–Crippen LogP) is 1.03. The van der Waals surface area contributed by atoms with Crippen LogP contribution in [0.1, 0.15) is 36.1 Å². The lowest BCUT2D eigenvalue weighted by Gasteiger charge is -2.14. The number of aromatic amines is 1. The zero-order chi connectivity index (χ0) is 17.0. The number of rotatable bonds is 6. The summed E-state index contributed by atoms with van der Waals surface area (Å²) in [4.78, 5) is 27.8. The molecule has 0 aromatic carbocycles. The summed E-state index contributed by atoms with van der Waals surface area (Å²) in [6, 6.07) is 3.78. The molecule has 0 aliphatic heterocycles. The maximum Gasteiger partial charge on any atom is 0.347 e. The van der Waals surface area contributed by atoms with E-state index in [0.29, 0.717) is 18.7 Å². The fraction of sp³-hybridized carbons (Fsp3) is 0.500. The van der Waals surface area contributed by atoms with Gasteiger partial charge in [0, 0.05) is 42.5 Å². The third kappa shape index (κ3) is 4.77. The average molecular weight is 317 g/mol. The number of aryl methyl sites for hydroxylation is 3. The van der Waals surface area contributed by atoms with Crippen molar-refractivity contribution in [2.45, 2.75) is 53.1 Å². The smallest absolute Gasteiger partial charge is 0.347 e. The van der Waals surface area contributed by atoms with E-state index in [9.17, 15) is 9.59 Å². The minimum atomic E-state index is -0.310. The highest BCUT2D eigenvalue weighted by atomic mass is 16.2. The lowest BCUT2D eigenvalue weighted by molar-refractivity contribution is -0.121. The Morgan fingerprint density at radius 3 is 2.70 bits per heavy atom. The number of hydrogen-bond acceptors (Lipinski definition) is 4. The van der Waals surface area contributed by atoms with Crippen LogP contribution in [0, 0.1) is 20.8 Å². The molecule has 1 atom stereocenters. The Kier molecular flexibility index (Phi) is 5.31. The minimum Gasteiger partial charge on any atom is -0.353 e. The van der Waals surface area contributed by atoms with Gasteiger partial charge in [-0.1, -0.05) is 0 Å². The molecule has 7 heteroatoms. The number of nitrogens with zero attached hydrogens (tertiary/aromatic N) is 3. The summed E-state index contributed by atoms with van der Waals surface area (Å²) in [7, 11) is 0. The second kappa shape index (κ2) is 7.21. The second-order valence-corrected chi connectivity index (χ2v) is 5.94. The van der Waals surface area contributed by atoms with Crippen molar-refractivity contribution in [3.63, 3.8) is 0 Å². The largest absolute Gasteiger partial charge is 0.353 e. The molecule has 2 heterocycles. The van der Waals surface area contributed by atoms with E-state index in [1.165, 1.54) is 4.57 Å². The lowest BCUT2D eigenvalue weighted by atomic mass is 10.1. The van der Waals surface area contributed by atoms with Crippen LogP contribution < -0.4 is 11.0 Å². The van der Waals surface area contributed by atoms with Crippen LogP contribution in [0.3, 0.4) is 0 Å². The minimum absolute atomic E-state index is 0.0147. The molecule has 0 aliphatic carbocycles. The first-order chi connectivity index (χ1) is 10.8. The first-order valence-electron chi connectivity index (χ1n) is 7.70. The monoisotopic (exact) mass is 317 g/mol. The number of amides is 1. The van der Waals surface area contributed by atoms with Gasteiger partial charge < -0.3 is 5.32 Å². The van der Waals surface area contributed by atoms with Crippen LogP contribution in [0.15, 0.2) is 16.9 Å². The number of carbonyl (C=O) groups is 1. The molecule has 0 radical (unpaired) electrons. The fourth-order valence-electron chi connectivity index (χ4n) is 2.55. The Hall–Kier alpha value is -2.44.